The number of phenolic OH excluding ortho intramolecular Hbond substituents is 1. The summed E-state index contributed by atoms with van der Waals surface area (Å²) < 4.78 is 5.10. The van der Waals surface area contributed by atoms with E-state index in [4.69, 9.17) is 4.74 Å². The Bertz CT molecular complexity index is 615. The van der Waals surface area contributed by atoms with Crippen LogP contribution in [0.5, 0.6) is 5.75 Å². The molecule has 0 heterocycles. The highest BCUT2D eigenvalue weighted by atomic mass is 16.5. The van der Waals surface area contributed by atoms with Crippen LogP contribution in [0.2, 0.25) is 0 Å². The average Bonchev–Trinajstić information content (AvgIpc) is 2.53. The zero-order valence-electron chi connectivity index (χ0n) is 12.3. The molecule has 22 heavy (non-hydrogen) atoms. The third kappa shape index (κ3) is 4.49. The van der Waals surface area contributed by atoms with Crippen molar-refractivity contribution in [3.05, 3.63) is 65.7 Å². The maximum atomic E-state index is 11.7. The van der Waals surface area contributed by atoms with E-state index in [0.717, 1.165) is 5.56 Å². The van der Waals surface area contributed by atoms with Crippen molar-refractivity contribution in [2.45, 2.75) is 25.7 Å². The van der Waals surface area contributed by atoms with Gasteiger partial charge in [0, 0.05) is 0 Å². The van der Waals surface area contributed by atoms with Gasteiger partial charge in [-0.05, 0) is 30.2 Å². The van der Waals surface area contributed by atoms with E-state index in [1.165, 1.54) is 12.1 Å². The standard InChI is InChI=1S/C17H19NO4/c1-12(16(20)14-8-5-9-15(19)10-14)18-17(21)22-11-13-6-3-2-4-7-13/h2-10,12,16,19-20H,11H2,1H3,(H,18,21)/t12-,16+/m0/s1. The summed E-state index contributed by atoms with van der Waals surface area (Å²) in [7, 11) is 0. The summed E-state index contributed by atoms with van der Waals surface area (Å²) >= 11 is 0. The molecular formula is C17H19NO4. The minimum absolute atomic E-state index is 0.0652. The summed E-state index contributed by atoms with van der Waals surface area (Å²) in [6, 6.07) is 15.1. The van der Waals surface area contributed by atoms with Gasteiger partial charge in [0.25, 0.3) is 0 Å². The summed E-state index contributed by atoms with van der Waals surface area (Å²) in [6.07, 6.45) is -1.54. The number of nitrogens with one attached hydrogen (secondary N) is 1. The van der Waals surface area contributed by atoms with Gasteiger partial charge < -0.3 is 20.3 Å². The Hall–Kier alpha value is -2.53. The highest BCUT2D eigenvalue weighted by Gasteiger charge is 2.19. The van der Waals surface area contributed by atoms with Crippen LogP contribution in [0.15, 0.2) is 54.6 Å². The number of benzene rings is 2. The second kappa shape index (κ2) is 7.47. The number of carbonyl (C=O) groups is 1. The number of carbonyl (C=O) groups excluding carboxylic acids is 1. The lowest BCUT2D eigenvalue weighted by molar-refractivity contribution is 0.106. The molecule has 0 saturated heterocycles. The van der Waals surface area contributed by atoms with Crippen LogP contribution in [0.1, 0.15) is 24.2 Å². The average molecular weight is 301 g/mol. The Labute approximate surface area is 129 Å². The largest absolute Gasteiger partial charge is 0.508 e. The van der Waals surface area contributed by atoms with Crippen LogP contribution < -0.4 is 5.32 Å². The zero-order valence-corrected chi connectivity index (χ0v) is 12.3. The zero-order chi connectivity index (χ0) is 15.9. The van der Waals surface area contributed by atoms with Gasteiger partial charge in [-0.3, -0.25) is 0 Å². The fraction of sp³-hybridized carbons (Fsp3) is 0.235. The Morgan fingerprint density at radius 2 is 1.91 bits per heavy atom. The first-order valence-corrected chi connectivity index (χ1v) is 7.00. The predicted molar refractivity (Wildman–Crippen MR) is 82.3 cm³/mol. The smallest absolute Gasteiger partial charge is 0.407 e. The lowest BCUT2D eigenvalue weighted by Gasteiger charge is -2.20. The highest BCUT2D eigenvalue weighted by molar-refractivity contribution is 5.67. The number of phenols is 1. The Balaban J connectivity index is 1.85. The molecule has 3 N–H and O–H groups in total. The van der Waals surface area contributed by atoms with E-state index in [1.807, 2.05) is 30.3 Å². The van der Waals surface area contributed by atoms with Crippen LogP contribution >= 0.6 is 0 Å². The van der Waals surface area contributed by atoms with E-state index >= 15 is 0 Å². The lowest BCUT2D eigenvalue weighted by Crippen LogP contribution is -2.37. The van der Waals surface area contributed by atoms with E-state index in [2.05, 4.69) is 5.32 Å². The van der Waals surface area contributed by atoms with Gasteiger partial charge in [-0.2, -0.15) is 0 Å². The fourth-order valence-electron chi connectivity index (χ4n) is 2.03. The van der Waals surface area contributed by atoms with Gasteiger partial charge in [0.05, 0.1) is 12.1 Å². The summed E-state index contributed by atoms with van der Waals surface area (Å²) in [4.78, 5) is 11.7. The first-order chi connectivity index (χ1) is 10.6. The molecule has 5 nitrogen and oxygen atoms in total. The van der Waals surface area contributed by atoms with Crippen molar-refractivity contribution in [3.8, 4) is 5.75 Å². The Morgan fingerprint density at radius 3 is 2.59 bits per heavy atom. The molecule has 0 radical (unpaired) electrons. The van der Waals surface area contributed by atoms with E-state index < -0.39 is 18.2 Å². The fourth-order valence-corrected chi connectivity index (χ4v) is 2.03. The van der Waals surface area contributed by atoms with Crippen molar-refractivity contribution in [2.75, 3.05) is 0 Å². The van der Waals surface area contributed by atoms with Gasteiger partial charge >= 0.3 is 6.09 Å². The molecule has 0 bridgehead atoms. The molecule has 0 spiro atoms. The number of hydrogen-bond acceptors (Lipinski definition) is 4. The summed E-state index contributed by atoms with van der Waals surface area (Å²) in [5, 5.41) is 22.2. The van der Waals surface area contributed by atoms with Gasteiger partial charge in [0.15, 0.2) is 0 Å². The Kier molecular flexibility index (Phi) is 5.38. The van der Waals surface area contributed by atoms with E-state index in [0.29, 0.717) is 5.56 Å². The molecule has 0 fully saturated rings. The van der Waals surface area contributed by atoms with Crippen molar-refractivity contribution in [2.24, 2.45) is 0 Å². The molecule has 0 aliphatic heterocycles. The number of alkyl carbamates (subject to hydrolysis) is 1. The lowest BCUT2D eigenvalue weighted by atomic mass is 10.0. The molecule has 0 aliphatic carbocycles. The molecule has 116 valence electrons. The maximum Gasteiger partial charge on any atom is 0.407 e. The third-order valence-electron chi connectivity index (χ3n) is 3.24. The minimum Gasteiger partial charge on any atom is -0.508 e. The van der Waals surface area contributed by atoms with Crippen LogP contribution in [0.25, 0.3) is 0 Å². The number of amides is 1. The van der Waals surface area contributed by atoms with Crippen molar-refractivity contribution >= 4 is 6.09 Å². The van der Waals surface area contributed by atoms with Gasteiger partial charge in [0.1, 0.15) is 12.4 Å². The monoisotopic (exact) mass is 301 g/mol. The van der Waals surface area contributed by atoms with Crippen molar-refractivity contribution in [3.63, 3.8) is 0 Å². The normalized spacial score (nSPS) is 13.2. The van der Waals surface area contributed by atoms with E-state index in [1.54, 1.807) is 19.1 Å². The Morgan fingerprint density at radius 1 is 1.18 bits per heavy atom. The molecule has 5 heteroatoms. The number of ether oxygens (including phenoxy) is 1. The molecule has 2 aromatic carbocycles. The number of hydrogen-bond donors (Lipinski definition) is 3. The molecule has 2 aromatic rings. The summed E-state index contributed by atoms with van der Waals surface area (Å²) in [6.45, 7) is 1.83. The van der Waals surface area contributed by atoms with Crippen molar-refractivity contribution < 1.29 is 19.7 Å². The van der Waals surface area contributed by atoms with Crippen LogP contribution in [0, 0.1) is 0 Å². The summed E-state index contributed by atoms with van der Waals surface area (Å²) in [5.41, 5.74) is 1.41. The number of rotatable bonds is 5. The molecule has 0 unspecified atom stereocenters. The van der Waals surface area contributed by atoms with Gasteiger partial charge in [-0.15, -0.1) is 0 Å². The quantitative estimate of drug-likeness (QED) is 0.793. The molecule has 0 aromatic heterocycles. The molecular weight excluding hydrogens is 282 g/mol. The molecule has 0 saturated carbocycles. The first kappa shape index (κ1) is 15.9. The SMILES string of the molecule is C[C@H](NC(=O)OCc1ccccc1)[C@@H](O)c1cccc(O)c1. The number of aromatic hydroxyl groups is 1. The molecule has 1 amide bonds. The van der Waals surface area contributed by atoms with Crippen LogP contribution in [0.4, 0.5) is 4.79 Å². The topological polar surface area (TPSA) is 78.8 Å². The predicted octanol–water partition coefficient (Wildman–Crippen LogP) is 2.74. The minimum atomic E-state index is -0.934. The first-order valence-electron chi connectivity index (χ1n) is 7.00. The maximum absolute atomic E-state index is 11.7. The molecule has 2 atom stereocenters. The molecule has 2 rings (SSSR count). The van der Waals surface area contributed by atoms with Gasteiger partial charge in [-0.1, -0.05) is 42.5 Å². The molecule has 0 aliphatic rings. The second-order valence-electron chi connectivity index (χ2n) is 5.03. The van der Waals surface area contributed by atoms with Crippen LogP contribution in [-0.4, -0.2) is 22.3 Å². The third-order valence-corrected chi connectivity index (χ3v) is 3.24. The van der Waals surface area contributed by atoms with E-state index in [-0.39, 0.29) is 12.4 Å². The summed E-state index contributed by atoms with van der Waals surface area (Å²) in [5.74, 6) is 0.0652. The van der Waals surface area contributed by atoms with Crippen molar-refractivity contribution in [1.82, 2.24) is 5.32 Å². The second-order valence-corrected chi connectivity index (χ2v) is 5.03. The van der Waals surface area contributed by atoms with E-state index in [9.17, 15) is 15.0 Å². The number of aliphatic hydroxyl groups is 1. The number of aliphatic hydroxyl groups excluding tert-OH is 1. The van der Waals surface area contributed by atoms with Gasteiger partial charge in [-0.25, -0.2) is 4.79 Å². The van der Waals surface area contributed by atoms with Crippen molar-refractivity contribution in [1.29, 1.82) is 0 Å². The van der Waals surface area contributed by atoms with Gasteiger partial charge in [0.2, 0.25) is 0 Å². The van der Waals surface area contributed by atoms with Crippen LogP contribution in [-0.2, 0) is 11.3 Å². The highest BCUT2D eigenvalue weighted by Crippen LogP contribution is 2.20. The van der Waals surface area contributed by atoms with Crippen LogP contribution in [0.3, 0.4) is 0 Å².